The molecule has 0 aliphatic carbocycles. The first-order valence-electron chi connectivity index (χ1n) is 7.17. The predicted octanol–water partition coefficient (Wildman–Crippen LogP) is 3.56. The molecule has 0 saturated heterocycles. The second-order valence-corrected chi connectivity index (χ2v) is 4.91. The number of hydrogen-bond donors (Lipinski definition) is 1. The molecule has 23 heavy (non-hydrogen) atoms. The van der Waals surface area contributed by atoms with Crippen molar-refractivity contribution < 1.29 is 9.59 Å². The standard InChI is InChI=1S/C19H14N2O2/c22-18(14-8-2-1-3-9-14)15-10-4-5-11-16(15)19(23)21-17-12-6-7-13-20-17/h1-13H,(H,20,21,23). The summed E-state index contributed by atoms with van der Waals surface area (Å²) in [6, 6.07) is 20.9. The number of rotatable bonds is 4. The van der Waals surface area contributed by atoms with Crippen molar-refractivity contribution in [2.75, 3.05) is 5.32 Å². The summed E-state index contributed by atoms with van der Waals surface area (Å²) in [4.78, 5) is 29.2. The van der Waals surface area contributed by atoms with Gasteiger partial charge < -0.3 is 5.32 Å². The number of amides is 1. The van der Waals surface area contributed by atoms with Gasteiger partial charge in [-0.3, -0.25) is 9.59 Å². The van der Waals surface area contributed by atoms with Crippen LogP contribution in [0.1, 0.15) is 26.3 Å². The number of nitrogens with zero attached hydrogens (tertiary/aromatic N) is 1. The van der Waals surface area contributed by atoms with Crippen molar-refractivity contribution in [1.82, 2.24) is 4.98 Å². The van der Waals surface area contributed by atoms with Gasteiger partial charge in [-0.05, 0) is 18.2 Å². The zero-order valence-electron chi connectivity index (χ0n) is 12.3. The van der Waals surface area contributed by atoms with Crippen LogP contribution in [0, 0.1) is 0 Å². The summed E-state index contributed by atoms with van der Waals surface area (Å²) in [7, 11) is 0. The molecule has 1 amide bonds. The molecule has 112 valence electrons. The average Bonchev–Trinajstić information content (AvgIpc) is 2.62. The number of ketones is 1. The van der Waals surface area contributed by atoms with Gasteiger partial charge in [-0.2, -0.15) is 0 Å². The third kappa shape index (κ3) is 3.32. The molecule has 0 saturated carbocycles. The number of benzene rings is 2. The molecule has 2 aromatic carbocycles. The van der Waals surface area contributed by atoms with Gasteiger partial charge >= 0.3 is 0 Å². The van der Waals surface area contributed by atoms with Gasteiger partial charge in [0.1, 0.15) is 5.82 Å². The van der Waals surface area contributed by atoms with E-state index >= 15 is 0 Å². The minimum atomic E-state index is -0.358. The lowest BCUT2D eigenvalue weighted by Gasteiger charge is -2.09. The lowest BCUT2D eigenvalue weighted by molar-refractivity contribution is 0.0996. The van der Waals surface area contributed by atoms with Gasteiger partial charge in [-0.25, -0.2) is 4.98 Å². The van der Waals surface area contributed by atoms with Gasteiger partial charge in [0.15, 0.2) is 5.78 Å². The first-order chi connectivity index (χ1) is 11.3. The Balaban J connectivity index is 1.92. The van der Waals surface area contributed by atoms with Gasteiger partial charge in [-0.15, -0.1) is 0 Å². The van der Waals surface area contributed by atoms with E-state index in [0.29, 0.717) is 22.5 Å². The molecule has 0 atom stereocenters. The largest absolute Gasteiger partial charge is 0.307 e. The summed E-state index contributed by atoms with van der Waals surface area (Å²) in [6.07, 6.45) is 1.59. The lowest BCUT2D eigenvalue weighted by Crippen LogP contribution is -2.17. The monoisotopic (exact) mass is 302 g/mol. The van der Waals surface area contributed by atoms with E-state index in [2.05, 4.69) is 10.3 Å². The first kappa shape index (κ1) is 14.7. The minimum Gasteiger partial charge on any atom is -0.307 e. The highest BCUT2D eigenvalue weighted by molar-refractivity contribution is 6.17. The van der Waals surface area contributed by atoms with Crippen molar-refractivity contribution in [3.05, 3.63) is 95.7 Å². The fraction of sp³-hybridized carbons (Fsp3) is 0. The Bertz CT molecular complexity index is 830. The van der Waals surface area contributed by atoms with Gasteiger partial charge in [0.05, 0.1) is 5.56 Å². The van der Waals surface area contributed by atoms with Crippen LogP contribution in [0.4, 0.5) is 5.82 Å². The second kappa shape index (κ2) is 6.66. The first-order valence-corrected chi connectivity index (χ1v) is 7.17. The van der Waals surface area contributed by atoms with E-state index in [0.717, 1.165) is 0 Å². The van der Waals surface area contributed by atoms with Gasteiger partial charge in [-0.1, -0.05) is 54.6 Å². The molecule has 3 aromatic rings. The molecule has 0 aliphatic rings. The zero-order chi connectivity index (χ0) is 16.1. The number of pyridine rings is 1. The quantitative estimate of drug-likeness (QED) is 0.750. The Morgan fingerprint density at radius 2 is 1.39 bits per heavy atom. The topological polar surface area (TPSA) is 59.1 Å². The summed E-state index contributed by atoms with van der Waals surface area (Å²) in [5, 5.41) is 2.70. The molecule has 4 nitrogen and oxygen atoms in total. The van der Waals surface area contributed by atoms with E-state index in [1.54, 1.807) is 72.9 Å². The molecule has 0 radical (unpaired) electrons. The molecule has 0 unspecified atom stereocenters. The molecule has 1 aromatic heterocycles. The molecule has 0 aliphatic heterocycles. The van der Waals surface area contributed by atoms with E-state index in [1.165, 1.54) is 0 Å². The number of nitrogens with one attached hydrogen (secondary N) is 1. The van der Waals surface area contributed by atoms with Crippen LogP contribution >= 0.6 is 0 Å². The lowest BCUT2D eigenvalue weighted by atomic mass is 9.98. The molecule has 0 spiro atoms. The summed E-state index contributed by atoms with van der Waals surface area (Å²) >= 11 is 0. The van der Waals surface area contributed by atoms with Crippen molar-refractivity contribution in [1.29, 1.82) is 0 Å². The van der Waals surface area contributed by atoms with Crippen LogP contribution in [0.15, 0.2) is 79.0 Å². The van der Waals surface area contributed by atoms with Crippen LogP contribution in [0.3, 0.4) is 0 Å². The second-order valence-electron chi connectivity index (χ2n) is 4.91. The molecule has 0 fully saturated rings. The van der Waals surface area contributed by atoms with Crippen molar-refractivity contribution in [2.45, 2.75) is 0 Å². The zero-order valence-corrected chi connectivity index (χ0v) is 12.3. The molecule has 0 bridgehead atoms. The van der Waals surface area contributed by atoms with Crippen LogP contribution in [-0.2, 0) is 0 Å². The smallest absolute Gasteiger partial charge is 0.257 e. The summed E-state index contributed by atoms with van der Waals surface area (Å²) in [5.41, 5.74) is 1.24. The Hall–Kier alpha value is -3.27. The molecule has 1 heterocycles. The van der Waals surface area contributed by atoms with Gasteiger partial charge in [0.25, 0.3) is 5.91 Å². The van der Waals surface area contributed by atoms with Gasteiger partial charge in [0, 0.05) is 17.3 Å². The van der Waals surface area contributed by atoms with Crippen LogP contribution in [-0.4, -0.2) is 16.7 Å². The fourth-order valence-electron chi connectivity index (χ4n) is 2.24. The summed E-state index contributed by atoms with van der Waals surface area (Å²) < 4.78 is 0. The summed E-state index contributed by atoms with van der Waals surface area (Å²) in [6.45, 7) is 0. The van der Waals surface area contributed by atoms with Crippen LogP contribution in [0.25, 0.3) is 0 Å². The minimum absolute atomic E-state index is 0.183. The van der Waals surface area contributed by atoms with Crippen molar-refractivity contribution in [2.24, 2.45) is 0 Å². The van der Waals surface area contributed by atoms with Crippen molar-refractivity contribution in [3.8, 4) is 0 Å². The SMILES string of the molecule is O=C(Nc1ccccn1)c1ccccc1C(=O)c1ccccc1. The number of carbonyl (C=O) groups is 2. The fourth-order valence-corrected chi connectivity index (χ4v) is 2.24. The maximum absolute atomic E-state index is 12.6. The number of anilines is 1. The number of hydrogen-bond acceptors (Lipinski definition) is 3. The molecule has 1 N–H and O–H groups in total. The van der Waals surface area contributed by atoms with E-state index in [1.807, 2.05) is 6.07 Å². The van der Waals surface area contributed by atoms with Crippen LogP contribution in [0.2, 0.25) is 0 Å². The highest BCUT2D eigenvalue weighted by Gasteiger charge is 2.18. The number of aromatic nitrogens is 1. The molecular formula is C19H14N2O2. The van der Waals surface area contributed by atoms with Crippen molar-refractivity contribution in [3.63, 3.8) is 0 Å². The summed E-state index contributed by atoms with van der Waals surface area (Å²) in [5.74, 6) is -0.0968. The Labute approximate surface area is 133 Å². The molecule has 3 rings (SSSR count). The van der Waals surface area contributed by atoms with E-state index in [4.69, 9.17) is 0 Å². The third-order valence-corrected chi connectivity index (χ3v) is 3.36. The van der Waals surface area contributed by atoms with Crippen LogP contribution < -0.4 is 5.32 Å². The van der Waals surface area contributed by atoms with E-state index in [-0.39, 0.29) is 11.7 Å². The average molecular weight is 302 g/mol. The highest BCUT2D eigenvalue weighted by Crippen LogP contribution is 2.16. The van der Waals surface area contributed by atoms with Gasteiger partial charge in [0.2, 0.25) is 0 Å². The maximum atomic E-state index is 12.6. The highest BCUT2D eigenvalue weighted by atomic mass is 16.2. The Morgan fingerprint density at radius 3 is 2.09 bits per heavy atom. The van der Waals surface area contributed by atoms with E-state index < -0.39 is 0 Å². The Kier molecular flexibility index (Phi) is 4.25. The number of carbonyl (C=O) groups excluding carboxylic acids is 2. The Morgan fingerprint density at radius 1 is 0.739 bits per heavy atom. The normalized spacial score (nSPS) is 10.1. The predicted molar refractivity (Wildman–Crippen MR) is 88.5 cm³/mol. The van der Waals surface area contributed by atoms with Crippen LogP contribution in [0.5, 0.6) is 0 Å². The molecular weight excluding hydrogens is 288 g/mol. The van der Waals surface area contributed by atoms with Crippen molar-refractivity contribution >= 4 is 17.5 Å². The maximum Gasteiger partial charge on any atom is 0.257 e. The van der Waals surface area contributed by atoms with E-state index in [9.17, 15) is 9.59 Å². The molecule has 4 heteroatoms. The third-order valence-electron chi connectivity index (χ3n) is 3.36.